The first-order valence-electron chi connectivity index (χ1n) is 9.35. The number of benzene rings is 1. The number of halogens is 1. The summed E-state index contributed by atoms with van der Waals surface area (Å²) in [4.78, 5) is 4.41. The molecule has 2 aliphatic carbocycles. The zero-order valence-electron chi connectivity index (χ0n) is 16.3. The summed E-state index contributed by atoms with van der Waals surface area (Å²) in [6.45, 7) is 5.66. The van der Waals surface area contributed by atoms with E-state index >= 15 is 0 Å². The van der Waals surface area contributed by atoms with Gasteiger partial charge in [-0.15, -0.1) is 24.0 Å². The standard InChI is InChI=1S/C20H31N3O2.HI/c1-5-25-18-12-17(20(18)9-6-10-20)23-19(21-3)22-13-15-8-7-14(2)11-16(15)24-4;/h7-8,11,17-18H,5-6,9-10,12-13H2,1-4H3,(H2,21,22,23);1H. The van der Waals surface area contributed by atoms with Crippen molar-refractivity contribution in [1.82, 2.24) is 10.6 Å². The lowest BCUT2D eigenvalue weighted by molar-refractivity contribution is -0.168. The first-order chi connectivity index (χ1) is 12.1. The van der Waals surface area contributed by atoms with Gasteiger partial charge in [0.05, 0.1) is 13.2 Å². The van der Waals surface area contributed by atoms with Crippen molar-refractivity contribution in [2.45, 2.75) is 58.2 Å². The third-order valence-electron chi connectivity index (χ3n) is 5.86. The van der Waals surface area contributed by atoms with Crippen LogP contribution in [0.3, 0.4) is 0 Å². The maximum absolute atomic E-state index is 5.93. The van der Waals surface area contributed by atoms with Crippen molar-refractivity contribution in [3.05, 3.63) is 29.3 Å². The largest absolute Gasteiger partial charge is 0.496 e. The molecular formula is C20H32IN3O2. The Morgan fingerprint density at radius 1 is 1.35 bits per heavy atom. The van der Waals surface area contributed by atoms with E-state index in [9.17, 15) is 0 Å². The van der Waals surface area contributed by atoms with E-state index in [0.717, 1.165) is 30.3 Å². The zero-order valence-corrected chi connectivity index (χ0v) is 18.6. The summed E-state index contributed by atoms with van der Waals surface area (Å²) in [5, 5.41) is 7.05. The molecule has 0 aromatic heterocycles. The van der Waals surface area contributed by atoms with Crippen LogP contribution in [0.2, 0.25) is 0 Å². The summed E-state index contributed by atoms with van der Waals surface area (Å²) in [5.41, 5.74) is 2.66. The summed E-state index contributed by atoms with van der Waals surface area (Å²) in [6.07, 6.45) is 5.33. The second-order valence-electron chi connectivity index (χ2n) is 7.20. The molecule has 26 heavy (non-hydrogen) atoms. The number of ether oxygens (including phenoxy) is 2. The van der Waals surface area contributed by atoms with Gasteiger partial charge in [-0.1, -0.05) is 18.6 Å². The lowest BCUT2D eigenvalue weighted by Gasteiger charge is -2.61. The van der Waals surface area contributed by atoms with E-state index in [4.69, 9.17) is 9.47 Å². The molecule has 1 aromatic carbocycles. The highest BCUT2D eigenvalue weighted by Crippen LogP contribution is 2.57. The van der Waals surface area contributed by atoms with Crippen molar-refractivity contribution in [1.29, 1.82) is 0 Å². The van der Waals surface area contributed by atoms with Crippen LogP contribution < -0.4 is 15.4 Å². The second-order valence-corrected chi connectivity index (χ2v) is 7.20. The van der Waals surface area contributed by atoms with Gasteiger partial charge in [0.25, 0.3) is 0 Å². The normalized spacial score (nSPS) is 23.5. The lowest BCUT2D eigenvalue weighted by atomic mass is 9.51. The van der Waals surface area contributed by atoms with Crippen LogP contribution in [-0.2, 0) is 11.3 Å². The Bertz CT molecular complexity index is 631. The number of aliphatic imine (C=N–C) groups is 1. The highest BCUT2D eigenvalue weighted by molar-refractivity contribution is 14.0. The number of hydrogen-bond acceptors (Lipinski definition) is 3. The Morgan fingerprint density at radius 2 is 2.12 bits per heavy atom. The van der Waals surface area contributed by atoms with E-state index in [1.807, 2.05) is 7.05 Å². The Balaban J connectivity index is 0.00000243. The number of methoxy groups -OCH3 is 1. The third-order valence-corrected chi connectivity index (χ3v) is 5.86. The van der Waals surface area contributed by atoms with Gasteiger partial charge >= 0.3 is 0 Å². The maximum Gasteiger partial charge on any atom is 0.191 e. The molecule has 2 aliphatic rings. The molecule has 5 nitrogen and oxygen atoms in total. The second kappa shape index (κ2) is 9.26. The lowest BCUT2D eigenvalue weighted by Crippen LogP contribution is -2.68. The van der Waals surface area contributed by atoms with E-state index in [1.54, 1.807) is 7.11 Å². The molecule has 0 aliphatic heterocycles. The van der Waals surface area contributed by atoms with Crippen molar-refractivity contribution in [2.75, 3.05) is 20.8 Å². The Labute approximate surface area is 174 Å². The molecular weight excluding hydrogens is 441 g/mol. The average molecular weight is 473 g/mol. The quantitative estimate of drug-likeness (QED) is 0.377. The number of nitrogens with one attached hydrogen (secondary N) is 2. The van der Waals surface area contributed by atoms with Crippen molar-refractivity contribution >= 4 is 29.9 Å². The molecule has 1 spiro atoms. The Kier molecular flexibility index (Phi) is 7.58. The molecule has 2 fully saturated rings. The summed E-state index contributed by atoms with van der Waals surface area (Å²) < 4.78 is 11.4. The monoisotopic (exact) mass is 473 g/mol. The van der Waals surface area contributed by atoms with Crippen molar-refractivity contribution in [3.63, 3.8) is 0 Å². The van der Waals surface area contributed by atoms with Gasteiger partial charge in [-0.25, -0.2) is 0 Å². The minimum atomic E-state index is 0. The fourth-order valence-corrected chi connectivity index (χ4v) is 4.18. The minimum Gasteiger partial charge on any atom is -0.496 e. The molecule has 146 valence electrons. The van der Waals surface area contributed by atoms with Crippen LogP contribution in [0.15, 0.2) is 23.2 Å². The SMILES string of the molecule is CCOC1CC(NC(=NC)NCc2ccc(C)cc2OC)C12CCC2.I. The molecule has 0 saturated heterocycles. The fraction of sp³-hybridized carbons (Fsp3) is 0.650. The number of rotatable bonds is 6. The molecule has 2 unspecified atom stereocenters. The van der Waals surface area contributed by atoms with Crippen molar-refractivity contribution < 1.29 is 9.47 Å². The fourth-order valence-electron chi connectivity index (χ4n) is 4.18. The molecule has 0 amide bonds. The highest BCUT2D eigenvalue weighted by atomic mass is 127. The average Bonchev–Trinajstić information content (AvgIpc) is 2.55. The summed E-state index contributed by atoms with van der Waals surface area (Å²) in [7, 11) is 3.54. The van der Waals surface area contributed by atoms with Gasteiger partial charge < -0.3 is 20.1 Å². The van der Waals surface area contributed by atoms with Gasteiger partial charge in [0.2, 0.25) is 0 Å². The van der Waals surface area contributed by atoms with Crippen molar-refractivity contribution in [3.8, 4) is 5.75 Å². The molecule has 2 atom stereocenters. The van der Waals surface area contributed by atoms with Crippen molar-refractivity contribution in [2.24, 2.45) is 10.4 Å². The van der Waals surface area contributed by atoms with Crippen LogP contribution in [0.4, 0.5) is 0 Å². The number of nitrogens with zero attached hydrogens (tertiary/aromatic N) is 1. The van der Waals surface area contributed by atoms with Gasteiger partial charge in [-0.05, 0) is 44.7 Å². The predicted octanol–water partition coefficient (Wildman–Crippen LogP) is 3.63. The van der Waals surface area contributed by atoms with Crippen LogP contribution in [0, 0.1) is 12.3 Å². The topological polar surface area (TPSA) is 54.9 Å². The van der Waals surface area contributed by atoms with E-state index in [2.05, 4.69) is 47.7 Å². The van der Waals surface area contributed by atoms with Crippen LogP contribution >= 0.6 is 24.0 Å². The van der Waals surface area contributed by atoms with Gasteiger partial charge in [-0.3, -0.25) is 4.99 Å². The predicted molar refractivity (Wildman–Crippen MR) is 117 cm³/mol. The minimum absolute atomic E-state index is 0. The van der Waals surface area contributed by atoms with E-state index < -0.39 is 0 Å². The third kappa shape index (κ3) is 4.11. The molecule has 6 heteroatoms. The zero-order chi connectivity index (χ0) is 17.9. The molecule has 3 rings (SSSR count). The maximum atomic E-state index is 5.93. The number of guanidine groups is 1. The molecule has 0 bridgehead atoms. The van der Waals surface area contributed by atoms with Crippen LogP contribution in [0.1, 0.15) is 43.7 Å². The number of aryl methyl sites for hydroxylation is 1. The first-order valence-corrected chi connectivity index (χ1v) is 9.35. The number of hydrogen-bond donors (Lipinski definition) is 2. The van der Waals surface area contributed by atoms with Crippen LogP contribution in [0.5, 0.6) is 5.75 Å². The molecule has 0 heterocycles. The summed E-state index contributed by atoms with van der Waals surface area (Å²) >= 11 is 0. The van der Waals surface area contributed by atoms with Gasteiger partial charge in [0.1, 0.15) is 5.75 Å². The van der Waals surface area contributed by atoms with Crippen LogP contribution in [-0.4, -0.2) is 38.9 Å². The smallest absolute Gasteiger partial charge is 0.191 e. The van der Waals surface area contributed by atoms with Gasteiger partial charge in [-0.2, -0.15) is 0 Å². The molecule has 2 N–H and O–H groups in total. The Morgan fingerprint density at radius 3 is 2.69 bits per heavy atom. The van der Waals surface area contributed by atoms with Gasteiger partial charge in [0.15, 0.2) is 5.96 Å². The van der Waals surface area contributed by atoms with Gasteiger partial charge in [0, 0.05) is 37.2 Å². The van der Waals surface area contributed by atoms with E-state index in [1.165, 1.54) is 24.8 Å². The molecule has 0 radical (unpaired) electrons. The van der Waals surface area contributed by atoms with E-state index in [-0.39, 0.29) is 24.0 Å². The summed E-state index contributed by atoms with van der Waals surface area (Å²) in [6, 6.07) is 6.74. The highest BCUT2D eigenvalue weighted by Gasteiger charge is 2.59. The molecule has 2 saturated carbocycles. The first kappa shape index (κ1) is 21.3. The van der Waals surface area contributed by atoms with Crippen LogP contribution in [0.25, 0.3) is 0 Å². The summed E-state index contributed by atoms with van der Waals surface area (Å²) in [5.74, 6) is 1.77. The Hall–Kier alpha value is -1.02. The van der Waals surface area contributed by atoms with E-state index in [0.29, 0.717) is 24.1 Å². The molecule has 1 aromatic rings.